The van der Waals surface area contributed by atoms with E-state index in [-0.39, 0.29) is 11.9 Å². The monoisotopic (exact) mass is 253 g/mol. The van der Waals surface area contributed by atoms with Crippen LogP contribution in [0.4, 0.5) is 5.82 Å². The van der Waals surface area contributed by atoms with Gasteiger partial charge in [-0.25, -0.2) is 4.98 Å². The summed E-state index contributed by atoms with van der Waals surface area (Å²) in [6, 6.07) is 5.32. The Bertz CT molecular complexity index is 384. The molecule has 4 nitrogen and oxygen atoms in total. The van der Waals surface area contributed by atoms with Gasteiger partial charge in [-0.05, 0) is 37.5 Å². The van der Waals surface area contributed by atoms with Crippen molar-refractivity contribution in [2.24, 2.45) is 0 Å². The quantitative estimate of drug-likeness (QED) is 0.870. The molecule has 1 unspecified atom stereocenters. The van der Waals surface area contributed by atoms with E-state index in [0.717, 1.165) is 12.2 Å². The van der Waals surface area contributed by atoms with E-state index in [1.54, 1.807) is 41.9 Å². The van der Waals surface area contributed by atoms with E-state index in [9.17, 15) is 4.79 Å². The number of aromatic nitrogens is 1. The summed E-state index contributed by atoms with van der Waals surface area (Å²) < 4.78 is 0. The maximum atomic E-state index is 12.1. The maximum Gasteiger partial charge on any atom is 0.272 e. The summed E-state index contributed by atoms with van der Waals surface area (Å²) in [6.45, 7) is 2.04. The highest BCUT2D eigenvalue weighted by Gasteiger charge is 2.18. The van der Waals surface area contributed by atoms with E-state index in [2.05, 4.69) is 11.2 Å². The zero-order valence-corrected chi connectivity index (χ0v) is 11.3. The fraction of sp³-hybridized carbons (Fsp3) is 0.500. The molecule has 0 saturated heterocycles. The Hall–Kier alpha value is -1.23. The van der Waals surface area contributed by atoms with Crippen LogP contribution < -0.4 is 5.73 Å². The minimum atomic E-state index is -0.0779. The number of rotatable bonds is 5. The molecule has 1 heterocycles. The Morgan fingerprint density at radius 3 is 2.88 bits per heavy atom. The van der Waals surface area contributed by atoms with Gasteiger partial charge >= 0.3 is 0 Å². The molecule has 0 fully saturated rings. The molecule has 1 aromatic heterocycles. The summed E-state index contributed by atoms with van der Waals surface area (Å²) in [4.78, 5) is 17.9. The molecule has 0 aliphatic rings. The topological polar surface area (TPSA) is 59.2 Å². The van der Waals surface area contributed by atoms with Crippen LogP contribution in [-0.2, 0) is 0 Å². The van der Waals surface area contributed by atoms with Crippen molar-refractivity contribution in [2.45, 2.75) is 19.4 Å². The van der Waals surface area contributed by atoms with Gasteiger partial charge in [-0.15, -0.1) is 0 Å². The molecule has 94 valence electrons. The molecule has 1 rings (SSSR count). The third-order valence-electron chi connectivity index (χ3n) is 2.71. The number of nitrogen functional groups attached to an aromatic ring is 1. The number of nitrogens with zero attached hydrogens (tertiary/aromatic N) is 2. The average Bonchev–Trinajstić information content (AvgIpc) is 2.34. The average molecular weight is 253 g/mol. The van der Waals surface area contributed by atoms with Crippen LogP contribution in [0, 0.1) is 0 Å². The third kappa shape index (κ3) is 3.93. The van der Waals surface area contributed by atoms with Gasteiger partial charge in [-0.2, -0.15) is 11.8 Å². The van der Waals surface area contributed by atoms with Gasteiger partial charge in [-0.3, -0.25) is 4.79 Å². The number of anilines is 1. The molecule has 5 heteroatoms. The highest BCUT2D eigenvalue weighted by Crippen LogP contribution is 2.10. The second-order valence-corrected chi connectivity index (χ2v) is 4.98. The van der Waals surface area contributed by atoms with Crippen molar-refractivity contribution >= 4 is 23.5 Å². The number of hydrogen-bond donors (Lipinski definition) is 1. The highest BCUT2D eigenvalue weighted by molar-refractivity contribution is 7.98. The van der Waals surface area contributed by atoms with Crippen molar-refractivity contribution in [2.75, 3.05) is 24.8 Å². The molecule has 0 aliphatic heterocycles. The highest BCUT2D eigenvalue weighted by atomic mass is 32.2. The Kier molecular flexibility index (Phi) is 5.28. The largest absolute Gasteiger partial charge is 0.384 e. The fourth-order valence-electron chi connectivity index (χ4n) is 1.43. The van der Waals surface area contributed by atoms with E-state index in [1.165, 1.54) is 0 Å². The number of amides is 1. The predicted molar refractivity (Wildman–Crippen MR) is 73.2 cm³/mol. The summed E-state index contributed by atoms with van der Waals surface area (Å²) in [5.41, 5.74) is 5.97. The third-order valence-corrected chi connectivity index (χ3v) is 3.35. The van der Waals surface area contributed by atoms with Crippen LogP contribution in [0.2, 0.25) is 0 Å². The van der Waals surface area contributed by atoms with Crippen molar-refractivity contribution in [3.63, 3.8) is 0 Å². The number of hydrogen-bond acceptors (Lipinski definition) is 4. The van der Waals surface area contributed by atoms with E-state index >= 15 is 0 Å². The summed E-state index contributed by atoms with van der Waals surface area (Å²) in [7, 11) is 1.80. The minimum absolute atomic E-state index is 0.0779. The summed E-state index contributed by atoms with van der Waals surface area (Å²) in [5, 5.41) is 0. The van der Waals surface area contributed by atoms with Gasteiger partial charge < -0.3 is 10.6 Å². The first-order valence-electron chi connectivity index (χ1n) is 5.55. The Morgan fingerprint density at radius 2 is 2.29 bits per heavy atom. The molecule has 0 saturated carbocycles. The molecule has 2 N–H and O–H groups in total. The van der Waals surface area contributed by atoms with Gasteiger partial charge in [0.25, 0.3) is 5.91 Å². The van der Waals surface area contributed by atoms with Crippen LogP contribution in [0.5, 0.6) is 0 Å². The summed E-state index contributed by atoms with van der Waals surface area (Å²) in [5.74, 6) is 1.34. The van der Waals surface area contributed by atoms with Crippen LogP contribution in [0.3, 0.4) is 0 Å². The lowest BCUT2D eigenvalue weighted by atomic mass is 10.2. The second kappa shape index (κ2) is 6.49. The summed E-state index contributed by atoms with van der Waals surface area (Å²) >= 11 is 1.78. The number of nitrogens with two attached hydrogens (primary N) is 1. The molecule has 0 bridgehead atoms. The first kappa shape index (κ1) is 13.8. The van der Waals surface area contributed by atoms with Gasteiger partial charge in [0.05, 0.1) is 0 Å². The predicted octanol–water partition coefficient (Wildman–Crippen LogP) is 1.88. The van der Waals surface area contributed by atoms with Crippen molar-refractivity contribution in [3.05, 3.63) is 23.9 Å². The Morgan fingerprint density at radius 1 is 1.59 bits per heavy atom. The Labute approximate surface area is 107 Å². The zero-order valence-electron chi connectivity index (χ0n) is 10.5. The second-order valence-electron chi connectivity index (χ2n) is 3.99. The molecule has 1 amide bonds. The molecule has 0 spiro atoms. The lowest BCUT2D eigenvalue weighted by Crippen LogP contribution is -2.36. The van der Waals surface area contributed by atoms with E-state index < -0.39 is 0 Å². The first-order valence-corrected chi connectivity index (χ1v) is 6.94. The SMILES string of the molecule is CSCCC(C)N(C)C(=O)c1cccc(N)n1. The molecular weight excluding hydrogens is 234 g/mol. The normalized spacial score (nSPS) is 12.2. The van der Waals surface area contributed by atoms with Crippen LogP contribution in [0.15, 0.2) is 18.2 Å². The van der Waals surface area contributed by atoms with Gasteiger partial charge in [0.1, 0.15) is 11.5 Å². The van der Waals surface area contributed by atoms with E-state index in [0.29, 0.717) is 11.5 Å². The lowest BCUT2D eigenvalue weighted by Gasteiger charge is -2.24. The van der Waals surface area contributed by atoms with Gasteiger partial charge in [0.15, 0.2) is 0 Å². The molecule has 17 heavy (non-hydrogen) atoms. The molecule has 0 radical (unpaired) electrons. The van der Waals surface area contributed by atoms with Gasteiger partial charge in [0.2, 0.25) is 0 Å². The summed E-state index contributed by atoms with van der Waals surface area (Å²) in [6.07, 6.45) is 3.04. The number of carbonyl (C=O) groups is 1. The number of carbonyl (C=O) groups excluding carboxylic acids is 1. The first-order chi connectivity index (χ1) is 8.06. The molecule has 1 atom stereocenters. The molecule has 1 aromatic rings. The van der Waals surface area contributed by atoms with Gasteiger partial charge in [-0.1, -0.05) is 6.07 Å². The smallest absolute Gasteiger partial charge is 0.272 e. The maximum absolute atomic E-state index is 12.1. The van der Waals surface area contributed by atoms with Crippen LogP contribution in [0.25, 0.3) is 0 Å². The van der Waals surface area contributed by atoms with E-state index in [4.69, 9.17) is 5.73 Å². The van der Waals surface area contributed by atoms with E-state index in [1.807, 2.05) is 6.92 Å². The minimum Gasteiger partial charge on any atom is -0.384 e. The van der Waals surface area contributed by atoms with Crippen LogP contribution in [-0.4, -0.2) is 40.9 Å². The fourth-order valence-corrected chi connectivity index (χ4v) is 2.01. The van der Waals surface area contributed by atoms with Gasteiger partial charge in [0, 0.05) is 13.1 Å². The lowest BCUT2D eigenvalue weighted by molar-refractivity contribution is 0.0735. The van der Waals surface area contributed by atoms with Crippen molar-refractivity contribution in [3.8, 4) is 0 Å². The number of thioether (sulfide) groups is 1. The van der Waals surface area contributed by atoms with Crippen LogP contribution >= 0.6 is 11.8 Å². The van der Waals surface area contributed by atoms with Crippen molar-refractivity contribution < 1.29 is 4.79 Å². The number of pyridine rings is 1. The standard InChI is InChI=1S/C12H19N3OS/c1-9(7-8-17-3)15(2)12(16)10-5-4-6-11(13)14-10/h4-6,9H,7-8H2,1-3H3,(H2,13,14). The van der Waals surface area contributed by atoms with Crippen molar-refractivity contribution in [1.82, 2.24) is 9.88 Å². The van der Waals surface area contributed by atoms with Crippen LogP contribution in [0.1, 0.15) is 23.8 Å². The zero-order chi connectivity index (χ0) is 12.8. The Balaban J connectivity index is 2.69. The van der Waals surface area contributed by atoms with Crippen molar-refractivity contribution in [1.29, 1.82) is 0 Å². The molecule has 0 aliphatic carbocycles. The molecule has 0 aromatic carbocycles. The molecular formula is C12H19N3OS.